The fourth-order valence-corrected chi connectivity index (χ4v) is 2.33. The van der Waals surface area contributed by atoms with Crippen LogP contribution in [0.3, 0.4) is 0 Å². The molecule has 2 heterocycles. The molecule has 24 heavy (non-hydrogen) atoms. The van der Waals surface area contributed by atoms with Crippen molar-refractivity contribution in [1.29, 1.82) is 0 Å². The summed E-state index contributed by atoms with van der Waals surface area (Å²) in [6, 6.07) is 7.76. The number of amides is 1. The van der Waals surface area contributed by atoms with Gasteiger partial charge in [0.15, 0.2) is 0 Å². The van der Waals surface area contributed by atoms with Crippen LogP contribution in [0.4, 0.5) is 0 Å². The molecule has 0 bridgehead atoms. The minimum absolute atomic E-state index is 0.0922. The summed E-state index contributed by atoms with van der Waals surface area (Å²) < 4.78 is 1.69. The topological polar surface area (TPSA) is 76.8 Å². The van der Waals surface area contributed by atoms with Gasteiger partial charge in [-0.25, -0.2) is 14.6 Å². The second kappa shape index (κ2) is 6.57. The number of aryl methyl sites for hydroxylation is 1. The van der Waals surface area contributed by atoms with Crippen LogP contribution in [0.15, 0.2) is 49.3 Å². The van der Waals surface area contributed by atoms with Crippen molar-refractivity contribution in [1.82, 2.24) is 29.6 Å². The first-order valence-electron chi connectivity index (χ1n) is 7.57. The van der Waals surface area contributed by atoms with Crippen molar-refractivity contribution in [3.63, 3.8) is 0 Å². The first kappa shape index (κ1) is 15.8. The largest absolute Gasteiger partial charge is 0.334 e. The second-order valence-electron chi connectivity index (χ2n) is 5.57. The molecule has 0 spiro atoms. The second-order valence-corrected chi connectivity index (χ2v) is 5.57. The molecule has 0 fully saturated rings. The lowest BCUT2D eigenvalue weighted by Crippen LogP contribution is -2.30. The highest BCUT2D eigenvalue weighted by Crippen LogP contribution is 2.21. The van der Waals surface area contributed by atoms with Crippen molar-refractivity contribution >= 4 is 5.91 Å². The van der Waals surface area contributed by atoms with E-state index in [2.05, 4.69) is 20.1 Å². The summed E-state index contributed by atoms with van der Waals surface area (Å²) in [7, 11) is 1.76. The zero-order chi connectivity index (χ0) is 17.1. The van der Waals surface area contributed by atoms with Crippen molar-refractivity contribution in [3.8, 4) is 5.69 Å². The lowest BCUT2D eigenvalue weighted by Gasteiger charge is -2.25. The van der Waals surface area contributed by atoms with Crippen LogP contribution in [0.1, 0.15) is 34.7 Å². The first-order valence-corrected chi connectivity index (χ1v) is 7.57. The Kier molecular flexibility index (Phi) is 4.33. The van der Waals surface area contributed by atoms with Crippen LogP contribution in [0.5, 0.6) is 0 Å². The average Bonchev–Trinajstić information content (AvgIpc) is 3.15. The Morgan fingerprint density at radius 2 is 1.92 bits per heavy atom. The number of hydrogen-bond acceptors (Lipinski definition) is 5. The van der Waals surface area contributed by atoms with Gasteiger partial charge in [0.25, 0.3) is 5.91 Å². The predicted octanol–water partition coefficient (Wildman–Crippen LogP) is 2.20. The van der Waals surface area contributed by atoms with Gasteiger partial charge in [-0.05, 0) is 31.5 Å². The lowest BCUT2D eigenvalue weighted by molar-refractivity contribution is 0.0736. The Morgan fingerprint density at radius 1 is 1.17 bits per heavy atom. The third kappa shape index (κ3) is 3.15. The highest BCUT2D eigenvalue weighted by Gasteiger charge is 2.20. The Hall–Kier alpha value is -3.09. The number of carbonyl (C=O) groups is 1. The quantitative estimate of drug-likeness (QED) is 0.736. The number of rotatable bonds is 4. The number of benzene rings is 1. The molecule has 0 radical (unpaired) electrons. The summed E-state index contributed by atoms with van der Waals surface area (Å²) in [5.74, 6) is -0.157. The number of nitrogens with zero attached hydrogens (tertiary/aromatic N) is 6. The van der Waals surface area contributed by atoms with E-state index in [4.69, 9.17) is 0 Å². The molecular weight excluding hydrogens is 304 g/mol. The fraction of sp³-hybridized carbons (Fsp3) is 0.235. The Balaban J connectivity index is 1.76. The maximum Gasteiger partial charge on any atom is 0.274 e. The Morgan fingerprint density at radius 3 is 2.50 bits per heavy atom. The molecule has 0 N–H and O–H groups in total. The highest BCUT2D eigenvalue weighted by atomic mass is 16.2. The van der Waals surface area contributed by atoms with Gasteiger partial charge < -0.3 is 4.90 Å². The van der Waals surface area contributed by atoms with E-state index < -0.39 is 0 Å². The predicted molar refractivity (Wildman–Crippen MR) is 88.6 cm³/mol. The van der Waals surface area contributed by atoms with Gasteiger partial charge in [-0.3, -0.25) is 9.78 Å². The molecular formula is C17H18N6O. The van der Waals surface area contributed by atoms with Crippen LogP contribution in [0.25, 0.3) is 5.69 Å². The van der Waals surface area contributed by atoms with Crippen molar-refractivity contribution in [3.05, 3.63) is 66.3 Å². The number of aromatic nitrogens is 5. The monoisotopic (exact) mass is 322 g/mol. The van der Waals surface area contributed by atoms with Gasteiger partial charge in [0, 0.05) is 13.2 Å². The number of carbonyl (C=O) groups excluding carboxylic acids is 1. The summed E-state index contributed by atoms with van der Waals surface area (Å²) in [6.07, 6.45) is 6.24. The van der Waals surface area contributed by atoms with E-state index in [9.17, 15) is 4.79 Å². The van der Waals surface area contributed by atoms with Crippen LogP contribution >= 0.6 is 0 Å². The lowest BCUT2D eigenvalue weighted by atomic mass is 10.1. The summed E-state index contributed by atoms with van der Waals surface area (Å²) >= 11 is 0. The highest BCUT2D eigenvalue weighted by molar-refractivity contribution is 5.92. The van der Waals surface area contributed by atoms with Gasteiger partial charge in [0.1, 0.15) is 18.3 Å². The summed E-state index contributed by atoms with van der Waals surface area (Å²) in [4.78, 5) is 26.4. The normalized spacial score (nSPS) is 12.0. The summed E-state index contributed by atoms with van der Waals surface area (Å²) in [5.41, 5.74) is 3.07. The smallest absolute Gasteiger partial charge is 0.274 e. The Bertz CT molecular complexity index is 811. The zero-order valence-electron chi connectivity index (χ0n) is 13.8. The zero-order valence-corrected chi connectivity index (χ0v) is 13.8. The van der Waals surface area contributed by atoms with Gasteiger partial charge in [0.2, 0.25) is 0 Å². The molecule has 7 nitrogen and oxygen atoms in total. The average molecular weight is 322 g/mol. The summed E-state index contributed by atoms with van der Waals surface area (Å²) in [5, 5.41) is 4.10. The van der Waals surface area contributed by atoms with E-state index in [-0.39, 0.29) is 11.9 Å². The molecule has 0 aliphatic carbocycles. The van der Waals surface area contributed by atoms with Crippen molar-refractivity contribution in [2.45, 2.75) is 19.9 Å². The molecule has 0 saturated heterocycles. The standard InChI is InChI=1S/C17H18N6O/c1-12-8-20-16(9-19-12)17(24)22(3)13(2)14-4-6-15(7-5-14)23-11-18-10-21-23/h4-11,13H,1-3H3/t13-/m0/s1. The van der Waals surface area contributed by atoms with E-state index in [0.29, 0.717) is 5.69 Å². The molecule has 122 valence electrons. The minimum Gasteiger partial charge on any atom is -0.334 e. The SMILES string of the molecule is Cc1cnc(C(=O)N(C)[C@@H](C)c2ccc(-n3cncn3)cc2)cn1. The minimum atomic E-state index is -0.157. The molecule has 3 rings (SSSR count). The van der Waals surface area contributed by atoms with Gasteiger partial charge in [0.05, 0.1) is 23.6 Å². The van der Waals surface area contributed by atoms with Crippen LogP contribution < -0.4 is 0 Å². The van der Waals surface area contributed by atoms with Gasteiger partial charge >= 0.3 is 0 Å². The Labute approximate surface area is 140 Å². The molecule has 0 unspecified atom stereocenters. The molecule has 0 saturated carbocycles. The third-order valence-electron chi connectivity index (χ3n) is 3.96. The van der Waals surface area contributed by atoms with Crippen LogP contribution in [-0.4, -0.2) is 42.6 Å². The molecule has 1 amide bonds. The van der Waals surface area contributed by atoms with Gasteiger partial charge in [-0.2, -0.15) is 5.10 Å². The maximum atomic E-state index is 12.5. The first-order chi connectivity index (χ1) is 11.6. The molecule has 3 aromatic rings. The molecule has 1 aromatic carbocycles. The summed E-state index contributed by atoms with van der Waals surface area (Å²) in [6.45, 7) is 3.81. The molecule has 2 aromatic heterocycles. The fourth-order valence-electron chi connectivity index (χ4n) is 2.33. The van der Waals surface area contributed by atoms with Crippen LogP contribution in [0, 0.1) is 6.92 Å². The van der Waals surface area contributed by atoms with Crippen LogP contribution in [0.2, 0.25) is 0 Å². The van der Waals surface area contributed by atoms with E-state index in [1.165, 1.54) is 12.5 Å². The number of hydrogen-bond donors (Lipinski definition) is 0. The maximum absolute atomic E-state index is 12.5. The molecule has 7 heteroatoms. The van der Waals surface area contributed by atoms with Gasteiger partial charge in [-0.1, -0.05) is 12.1 Å². The van der Waals surface area contributed by atoms with Crippen molar-refractivity contribution in [2.75, 3.05) is 7.05 Å². The van der Waals surface area contributed by atoms with Crippen LogP contribution in [-0.2, 0) is 0 Å². The molecule has 0 aliphatic rings. The van der Waals surface area contributed by atoms with E-state index >= 15 is 0 Å². The van der Waals surface area contributed by atoms with Crippen molar-refractivity contribution in [2.24, 2.45) is 0 Å². The van der Waals surface area contributed by atoms with E-state index in [1.807, 2.05) is 38.1 Å². The third-order valence-corrected chi connectivity index (χ3v) is 3.96. The van der Waals surface area contributed by atoms with E-state index in [1.54, 1.807) is 29.2 Å². The van der Waals surface area contributed by atoms with Crippen molar-refractivity contribution < 1.29 is 4.79 Å². The van der Waals surface area contributed by atoms with E-state index in [0.717, 1.165) is 16.9 Å². The molecule has 1 atom stereocenters. The molecule has 0 aliphatic heterocycles. The van der Waals surface area contributed by atoms with Gasteiger partial charge in [-0.15, -0.1) is 0 Å².